The Bertz CT molecular complexity index is 303. The molecule has 2 heteroatoms. The van der Waals surface area contributed by atoms with Crippen LogP contribution in [0, 0.1) is 23.2 Å². The number of nitrogens with zero attached hydrogens (tertiary/aromatic N) is 1. The van der Waals surface area contributed by atoms with Crippen molar-refractivity contribution in [1.29, 1.82) is 0 Å². The van der Waals surface area contributed by atoms with Crippen molar-refractivity contribution in [2.24, 2.45) is 23.2 Å². The number of nitrogens with one attached hydrogen (secondary N) is 1. The summed E-state index contributed by atoms with van der Waals surface area (Å²) < 4.78 is 0. The lowest BCUT2D eigenvalue weighted by molar-refractivity contribution is -0.0598. The van der Waals surface area contributed by atoms with Crippen molar-refractivity contribution in [2.75, 3.05) is 26.7 Å². The van der Waals surface area contributed by atoms with Crippen molar-refractivity contribution in [3.63, 3.8) is 0 Å². The smallest absolute Gasteiger partial charge is 0.0195 e. The Hall–Kier alpha value is -0.0800. The van der Waals surface area contributed by atoms with Crippen LogP contribution in [0.5, 0.6) is 0 Å². The van der Waals surface area contributed by atoms with Crippen LogP contribution >= 0.6 is 0 Å². The first-order chi connectivity index (χ1) is 9.21. The molecular formula is C17H30N2. The molecule has 4 saturated carbocycles. The van der Waals surface area contributed by atoms with E-state index in [9.17, 15) is 0 Å². The summed E-state index contributed by atoms with van der Waals surface area (Å²) in [6.45, 7) is 3.70. The Balaban J connectivity index is 1.37. The van der Waals surface area contributed by atoms with E-state index in [4.69, 9.17) is 0 Å². The molecule has 5 fully saturated rings. The third kappa shape index (κ3) is 2.47. The Morgan fingerprint density at radius 2 is 1.68 bits per heavy atom. The lowest BCUT2D eigenvalue weighted by Gasteiger charge is -2.57. The third-order valence-corrected chi connectivity index (χ3v) is 6.65. The predicted octanol–water partition coefficient (Wildman–Crippen LogP) is 2.89. The molecule has 108 valence electrons. The molecule has 0 aromatic heterocycles. The maximum atomic E-state index is 3.74. The number of hydrogen-bond acceptors (Lipinski definition) is 2. The topological polar surface area (TPSA) is 15.3 Å². The minimum Gasteiger partial charge on any atom is -0.311 e. The van der Waals surface area contributed by atoms with Gasteiger partial charge in [0.15, 0.2) is 0 Å². The van der Waals surface area contributed by atoms with Crippen LogP contribution in [-0.4, -0.2) is 37.6 Å². The highest BCUT2D eigenvalue weighted by Crippen LogP contribution is 2.61. The molecule has 1 heterocycles. The molecule has 1 N–H and O–H groups in total. The van der Waals surface area contributed by atoms with E-state index in [0.29, 0.717) is 0 Å². The molecule has 5 rings (SSSR count). The van der Waals surface area contributed by atoms with Crippen LogP contribution in [0.2, 0.25) is 0 Å². The van der Waals surface area contributed by atoms with Crippen LogP contribution in [0.1, 0.15) is 51.4 Å². The number of rotatable bonds is 3. The predicted molar refractivity (Wildman–Crippen MR) is 79.1 cm³/mol. The highest BCUT2D eigenvalue weighted by Gasteiger charge is 2.50. The molecule has 0 spiro atoms. The first-order valence-corrected chi connectivity index (χ1v) is 8.63. The Morgan fingerprint density at radius 3 is 2.26 bits per heavy atom. The van der Waals surface area contributed by atoms with E-state index < -0.39 is 0 Å². The highest BCUT2D eigenvalue weighted by atomic mass is 15.2. The second-order valence-electron chi connectivity index (χ2n) is 8.37. The molecule has 1 saturated heterocycles. The first kappa shape index (κ1) is 12.6. The van der Waals surface area contributed by atoms with Gasteiger partial charge in [0.25, 0.3) is 0 Å². The fourth-order valence-electron chi connectivity index (χ4n) is 6.26. The Labute approximate surface area is 118 Å². The van der Waals surface area contributed by atoms with Gasteiger partial charge in [0, 0.05) is 25.7 Å². The number of hydrogen-bond donors (Lipinski definition) is 1. The largest absolute Gasteiger partial charge is 0.311 e. The van der Waals surface area contributed by atoms with Crippen molar-refractivity contribution in [3.8, 4) is 0 Å². The van der Waals surface area contributed by atoms with Crippen LogP contribution < -0.4 is 5.32 Å². The molecule has 1 aliphatic heterocycles. The lowest BCUT2D eigenvalue weighted by Crippen LogP contribution is -2.50. The molecule has 4 bridgehead atoms. The second kappa shape index (κ2) is 4.73. The zero-order valence-corrected chi connectivity index (χ0v) is 12.5. The minimum atomic E-state index is 0.770. The van der Waals surface area contributed by atoms with Crippen LogP contribution in [0.15, 0.2) is 0 Å². The summed E-state index contributed by atoms with van der Waals surface area (Å²) in [7, 11) is 2.28. The standard InChI is InChI=1S/C17H30N2/c1-19-5-4-18-16(12-19)2-3-17-9-13-6-14(10-17)8-15(7-13)11-17/h13-16,18H,2-12H2,1H3. The minimum absolute atomic E-state index is 0.770. The molecule has 4 aliphatic carbocycles. The SMILES string of the molecule is CN1CCNC(CCC23CC4CC(CC(C4)C2)C3)C1. The van der Waals surface area contributed by atoms with Gasteiger partial charge in [-0.25, -0.2) is 0 Å². The van der Waals surface area contributed by atoms with Crippen LogP contribution in [0.25, 0.3) is 0 Å². The van der Waals surface area contributed by atoms with E-state index in [1.165, 1.54) is 32.5 Å². The fourth-order valence-corrected chi connectivity index (χ4v) is 6.26. The quantitative estimate of drug-likeness (QED) is 0.841. The van der Waals surface area contributed by atoms with Gasteiger partial charge < -0.3 is 10.2 Å². The van der Waals surface area contributed by atoms with Crippen LogP contribution in [0.4, 0.5) is 0 Å². The third-order valence-electron chi connectivity index (χ3n) is 6.65. The number of piperazine rings is 1. The fraction of sp³-hybridized carbons (Fsp3) is 1.00. The van der Waals surface area contributed by atoms with Crippen LogP contribution in [-0.2, 0) is 0 Å². The zero-order chi connectivity index (χ0) is 12.9. The molecule has 19 heavy (non-hydrogen) atoms. The summed E-state index contributed by atoms with van der Waals surface area (Å²) in [4.78, 5) is 2.50. The summed E-state index contributed by atoms with van der Waals surface area (Å²) >= 11 is 0. The summed E-state index contributed by atoms with van der Waals surface area (Å²) in [5.41, 5.74) is 0.784. The van der Waals surface area contributed by atoms with Crippen molar-refractivity contribution in [2.45, 2.75) is 57.4 Å². The molecule has 0 aromatic rings. The summed E-state index contributed by atoms with van der Waals surface area (Å²) in [6, 6.07) is 0.770. The van der Waals surface area contributed by atoms with Gasteiger partial charge in [-0.1, -0.05) is 0 Å². The van der Waals surface area contributed by atoms with Gasteiger partial charge in [-0.15, -0.1) is 0 Å². The van der Waals surface area contributed by atoms with Gasteiger partial charge in [-0.05, 0) is 81.6 Å². The average Bonchev–Trinajstić information content (AvgIpc) is 2.35. The summed E-state index contributed by atoms with van der Waals surface area (Å²) in [5.74, 6) is 3.36. The maximum absolute atomic E-state index is 3.74. The zero-order valence-electron chi connectivity index (χ0n) is 12.5. The van der Waals surface area contributed by atoms with Crippen molar-refractivity contribution in [3.05, 3.63) is 0 Å². The monoisotopic (exact) mass is 262 g/mol. The molecule has 0 amide bonds. The van der Waals surface area contributed by atoms with Gasteiger partial charge in [0.2, 0.25) is 0 Å². The van der Waals surface area contributed by atoms with E-state index >= 15 is 0 Å². The second-order valence-corrected chi connectivity index (χ2v) is 8.37. The highest BCUT2D eigenvalue weighted by molar-refractivity contribution is 5.01. The molecule has 0 radical (unpaired) electrons. The molecular weight excluding hydrogens is 232 g/mol. The molecule has 0 aromatic carbocycles. The number of likely N-dealkylation sites (N-methyl/N-ethyl adjacent to an activating group) is 1. The molecule has 5 aliphatic rings. The van der Waals surface area contributed by atoms with E-state index in [0.717, 1.165) is 29.2 Å². The molecule has 1 atom stereocenters. The van der Waals surface area contributed by atoms with Crippen molar-refractivity contribution >= 4 is 0 Å². The van der Waals surface area contributed by atoms with Gasteiger partial charge in [0.05, 0.1) is 0 Å². The maximum Gasteiger partial charge on any atom is 0.0195 e. The normalized spacial score (nSPS) is 49.7. The van der Waals surface area contributed by atoms with Gasteiger partial charge in [-0.3, -0.25) is 0 Å². The van der Waals surface area contributed by atoms with E-state index in [2.05, 4.69) is 17.3 Å². The summed E-state index contributed by atoms with van der Waals surface area (Å²) in [5, 5.41) is 3.74. The van der Waals surface area contributed by atoms with E-state index in [-0.39, 0.29) is 0 Å². The Morgan fingerprint density at radius 1 is 1.05 bits per heavy atom. The van der Waals surface area contributed by atoms with Crippen LogP contribution in [0.3, 0.4) is 0 Å². The molecule has 2 nitrogen and oxygen atoms in total. The van der Waals surface area contributed by atoms with Gasteiger partial charge >= 0.3 is 0 Å². The van der Waals surface area contributed by atoms with Gasteiger partial charge in [-0.2, -0.15) is 0 Å². The van der Waals surface area contributed by atoms with Crippen molar-refractivity contribution in [1.82, 2.24) is 10.2 Å². The first-order valence-electron chi connectivity index (χ1n) is 8.63. The average molecular weight is 262 g/mol. The van der Waals surface area contributed by atoms with Crippen molar-refractivity contribution < 1.29 is 0 Å². The lowest BCUT2D eigenvalue weighted by atomic mass is 9.48. The van der Waals surface area contributed by atoms with E-state index in [1.807, 2.05) is 0 Å². The molecule has 1 unspecified atom stereocenters. The Kier molecular flexibility index (Phi) is 3.15. The van der Waals surface area contributed by atoms with Gasteiger partial charge in [0.1, 0.15) is 0 Å². The van der Waals surface area contributed by atoms with E-state index in [1.54, 1.807) is 38.5 Å². The summed E-state index contributed by atoms with van der Waals surface area (Å²) in [6.07, 6.45) is 12.5.